The Morgan fingerprint density at radius 3 is 2.70 bits per heavy atom. The Labute approximate surface area is 171 Å². The van der Waals surface area contributed by atoms with Crippen LogP contribution in [0.4, 0.5) is 11.4 Å². The number of nitrogens with zero attached hydrogens (tertiary/aromatic N) is 3. The average Bonchev–Trinajstić information content (AvgIpc) is 3.19. The van der Waals surface area contributed by atoms with Crippen LogP contribution in [0, 0.1) is 17.0 Å². The molecule has 0 radical (unpaired) electrons. The van der Waals surface area contributed by atoms with E-state index in [2.05, 4.69) is 10.3 Å². The van der Waals surface area contributed by atoms with Crippen molar-refractivity contribution in [3.63, 3.8) is 0 Å². The molecule has 2 heterocycles. The first-order valence-corrected chi connectivity index (χ1v) is 9.15. The number of amides is 1. The minimum Gasteiger partial charge on any atom is -0.495 e. The van der Waals surface area contributed by atoms with E-state index in [1.54, 1.807) is 18.2 Å². The van der Waals surface area contributed by atoms with E-state index in [4.69, 9.17) is 4.74 Å². The van der Waals surface area contributed by atoms with Gasteiger partial charge in [-0.2, -0.15) is 0 Å². The zero-order valence-electron chi connectivity index (χ0n) is 16.3. The highest BCUT2D eigenvalue weighted by Crippen LogP contribution is 2.31. The summed E-state index contributed by atoms with van der Waals surface area (Å²) in [7, 11) is 1.49. The second kappa shape index (κ2) is 7.67. The minimum absolute atomic E-state index is 0.0293. The second-order valence-electron chi connectivity index (χ2n) is 6.69. The average molecular weight is 402 g/mol. The lowest BCUT2D eigenvalue weighted by Crippen LogP contribution is -2.14. The lowest BCUT2D eigenvalue weighted by molar-refractivity contribution is -0.385. The number of benzene rings is 2. The van der Waals surface area contributed by atoms with Gasteiger partial charge in [-0.15, -0.1) is 0 Å². The molecule has 8 nitrogen and oxygen atoms in total. The molecule has 8 heteroatoms. The third-order valence-corrected chi connectivity index (χ3v) is 4.77. The number of aryl methyl sites for hydroxylation is 1. The number of carbonyl (C=O) groups excluding carboxylic acids is 1. The summed E-state index contributed by atoms with van der Waals surface area (Å²) in [5, 5.41) is 14.0. The van der Waals surface area contributed by atoms with Crippen LogP contribution in [0.1, 0.15) is 15.9 Å². The predicted octanol–water partition coefficient (Wildman–Crippen LogP) is 4.48. The Morgan fingerprint density at radius 1 is 1.17 bits per heavy atom. The van der Waals surface area contributed by atoms with Gasteiger partial charge in [0.15, 0.2) is 0 Å². The molecule has 0 bridgehead atoms. The van der Waals surface area contributed by atoms with Crippen molar-refractivity contribution in [1.82, 2.24) is 9.38 Å². The third-order valence-electron chi connectivity index (χ3n) is 4.77. The van der Waals surface area contributed by atoms with Gasteiger partial charge in [0, 0.05) is 24.0 Å². The molecule has 0 saturated carbocycles. The molecule has 2 aromatic carbocycles. The zero-order valence-corrected chi connectivity index (χ0v) is 16.3. The summed E-state index contributed by atoms with van der Waals surface area (Å²) in [5.41, 5.74) is 3.49. The van der Waals surface area contributed by atoms with Crippen LogP contribution in [-0.2, 0) is 0 Å². The van der Waals surface area contributed by atoms with Gasteiger partial charge in [0.25, 0.3) is 11.6 Å². The van der Waals surface area contributed by atoms with Crippen LogP contribution < -0.4 is 10.1 Å². The van der Waals surface area contributed by atoms with Gasteiger partial charge in [-0.1, -0.05) is 18.2 Å². The van der Waals surface area contributed by atoms with Gasteiger partial charge in [0.1, 0.15) is 17.0 Å². The van der Waals surface area contributed by atoms with Crippen LogP contribution >= 0.6 is 0 Å². The Kier molecular flexibility index (Phi) is 4.89. The summed E-state index contributed by atoms with van der Waals surface area (Å²) in [5.74, 6) is -0.158. The van der Waals surface area contributed by atoms with Gasteiger partial charge >= 0.3 is 0 Å². The number of nitro groups is 1. The Balaban J connectivity index is 1.72. The number of hydrogen-bond donors (Lipinski definition) is 1. The first-order valence-electron chi connectivity index (χ1n) is 9.15. The Hall–Kier alpha value is -4.20. The molecule has 0 unspecified atom stereocenters. The molecule has 1 amide bonds. The number of nitro benzene ring substituents is 1. The molecule has 0 aliphatic heterocycles. The number of imidazole rings is 1. The van der Waals surface area contributed by atoms with E-state index >= 15 is 0 Å². The van der Waals surface area contributed by atoms with Crippen molar-refractivity contribution < 1.29 is 14.5 Å². The molecular formula is C22H18N4O4. The first kappa shape index (κ1) is 19.1. The lowest BCUT2D eigenvalue weighted by atomic mass is 10.1. The van der Waals surface area contributed by atoms with E-state index in [1.165, 1.54) is 25.3 Å². The summed E-state index contributed by atoms with van der Waals surface area (Å²) < 4.78 is 7.29. The van der Waals surface area contributed by atoms with Gasteiger partial charge in [0.05, 0.1) is 23.4 Å². The number of carbonyl (C=O) groups is 1. The SMILES string of the molecule is COc1ccc(-c2cn3cccc(C)c3n2)cc1NC(=O)c1ccccc1[N+](=O)[O-]. The second-order valence-corrected chi connectivity index (χ2v) is 6.69. The van der Waals surface area contributed by atoms with Crippen LogP contribution in [0.2, 0.25) is 0 Å². The van der Waals surface area contributed by atoms with Crippen molar-refractivity contribution in [3.05, 3.63) is 88.2 Å². The van der Waals surface area contributed by atoms with E-state index in [0.29, 0.717) is 11.4 Å². The fourth-order valence-electron chi connectivity index (χ4n) is 3.27. The van der Waals surface area contributed by atoms with Crippen LogP contribution in [0.5, 0.6) is 5.75 Å². The summed E-state index contributed by atoms with van der Waals surface area (Å²) in [4.78, 5) is 28.1. The molecule has 30 heavy (non-hydrogen) atoms. The molecular weight excluding hydrogens is 384 g/mol. The maximum absolute atomic E-state index is 12.7. The highest BCUT2D eigenvalue weighted by molar-refractivity contribution is 6.08. The topological polar surface area (TPSA) is 98.8 Å². The van der Waals surface area contributed by atoms with Crippen LogP contribution in [0.15, 0.2) is 67.0 Å². The fraction of sp³-hybridized carbons (Fsp3) is 0.0909. The van der Waals surface area contributed by atoms with Crippen molar-refractivity contribution in [2.24, 2.45) is 0 Å². The van der Waals surface area contributed by atoms with Crippen LogP contribution in [0.25, 0.3) is 16.9 Å². The molecule has 4 aromatic rings. The highest BCUT2D eigenvalue weighted by Gasteiger charge is 2.20. The summed E-state index contributed by atoms with van der Waals surface area (Å²) in [6.45, 7) is 1.98. The van der Waals surface area contributed by atoms with Crippen molar-refractivity contribution in [3.8, 4) is 17.0 Å². The molecule has 0 saturated heterocycles. The quantitative estimate of drug-likeness (QED) is 0.392. The number of pyridine rings is 1. The molecule has 0 aliphatic carbocycles. The van der Waals surface area contributed by atoms with Crippen LogP contribution in [-0.4, -0.2) is 27.3 Å². The smallest absolute Gasteiger partial charge is 0.282 e. The van der Waals surface area contributed by atoms with E-state index in [-0.39, 0.29) is 11.3 Å². The lowest BCUT2D eigenvalue weighted by Gasteiger charge is -2.11. The number of rotatable bonds is 5. The van der Waals surface area contributed by atoms with Gasteiger partial charge in [-0.25, -0.2) is 4.98 Å². The molecule has 0 aliphatic rings. The number of anilines is 1. The number of aromatic nitrogens is 2. The van der Waals surface area contributed by atoms with E-state index in [9.17, 15) is 14.9 Å². The number of ether oxygens (including phenoxy) is 1. The predicted molar refractivity (Wildman–Crippen MR) is 113 cm³/mol. The molecule has 2 aromatic heterocycles. The molecule has 0 atom stereocenters. The zero-order chi connectivity index (χ0) is 21.3. The van der Waals surface area contributed by atoms with Gasteiger partial charge < -0.3 is 14.5 Å². The van der Waals surface area contributed by atoms with Crippen molar-refractivity contribution in [1.29, 1.82) is 0 Å². The standard InChI is InChI=1S/C22H18N4O4/c1-14-6-5-11-25-13-18(23-21(14)25)15-9-10-20(30-2)17(12-15)24-22(27)16-7-3-4-8-19(16)26(28)29/h3-13H,1-2H3,(H,24,27). The largest absolute Gasteiger partial charge is 0.495 e. The molecule has 0 fully saturated rings. The van der Waals surface area contributed by atoms with Crippen molar-refractivity contribution in [2.75, 3.05) is 12.4 Å². The Bertz CT molecular complexity index is 1280. The van der Waals surface area contributed by atoms with Crippen LogP contribution in [0.3, 0.4) is 0 Å². The molecule has 4 rings (SSSR count). The van der Waals surface area contributed by atoms with Crippen molar-refractivity contribution in [2.45, 2.75) is 6.92 Å². The summed E-state index contributed by atoms with van der Waals surface area (Å²) in [6.07, 6.45) is 3.82. The van der Waals surface area contributed by atoms with E-state index in [0.717, 1.165) is 22.5 Å². The minimum atomic E-state index is -0.594. The molecule has 0 spiro atoms. The number of methoxy groups -OCH3 is 1. The summed E-state index contributed by atoms with van der Waals surface area (Å²) in [6, 6.07) is 15.0. The van der Waals surface area contributed by atoms with Gasteiger partial charge in [-0.05, 0) is 42.8 Å². The van der Waals surface area contributed by atoms with Gasteiger partial charge in [0.2, 0.25) is 0 Å². The first-order chi connectivity index (χ1) is 14.5. The number of hydrogen-bond acceptors (Lipinski definition) is 5. The third kappa shape index (κ3) is 3.46. The Morgan fingerprint density at radius 2 is 1.97 bits per heavy atom. The van der Waals surface area contributed by atoms with E-state index < -0.39 is 10.8 Å². The molecule has 1 N–H and O–H groups in total. The maximum Gasteiger partial charge on any atom is 0.282 e. The number of para-hydroxylation sites is 1. The van der Waals surface area contributed by atoms with Crippen molar-refractivity contribution >= 4 is 22.9 Å². The summed E-state index contributed by atoms with van der Waals surface area (Å²) >= 11 is 0. The fourth-order valence-corrected chi connectivity index (χ4v) is 3.27. The highest BCUT2D eigenvalue weighted by atomic mass is 16.6. The maximum atomic E-state index is 12.7. The van der Waals surface area contributed by atoms with Gasteiger partial charge in [-0.3, -0.25) is 14.9 Å². The molecule has 150 valence electrons. The monoisotopic (exact) mass is 402 g/mol. The van der Waals surface area contributed by atoms with E-state index in [1.807, 2.05) is 41.9 Å². The normalized spacial score (nSPS) is 10.7. The number of nitrogens with one attached hydrogen (secondary N) is 1. The number of fused-ring (bicyclic) bond motifs is 1.